The summed E-state index contributed by atoms with van der Waals surface area (Å²) in [6, 6.07) is 9.87. The number of nitrogens with one attached hydrogen (secondary N) is 1. The van der Waals surface area contributed by atoms with Crippen LogP contribution in [-0.4, -0.2) is 25.8 Å². The highest BCUT2D eigenvalue weighted by atomic mass is 32.2. The Labute approximate surface area is 161 Å². The Morgan fingerprint density at radius 3 is 2.93 bits per heavy atom. The van der Waals surface area contributed by atoms with Gasteiger partial charge in [0.15, 0.2) is 5.17 Å². The van der Waals surface area contributed by atoms with Crippen molar-refractivity contribution < 1.29 is 4.79 Å². The second-order valence-electron chi connectivity index (χ2n) is 6.41. The van der Waals surface area contributed by atoms with Crippen molar-refractivity contribution in [3.8, 4) is 0 Å². The minimum Gasteiger partial charge on any atom is -0.301 e. The lowest BCUT2D eigenvalue weighted by Crippen LogP contribution is -2.19. The van der Waals surface area contributed by atoms with E-state index in [-0.39, 0.29) is 5.91 Å². The fourth-order valence-corrected chi connectivity index (χ4v) is 3.85. The number of fused-ring (bicyclic) bond motifs is 1. The Hall–Kier alpha value is -2.93. The zero-order valence-electron chi connectivity index (χ0n) is 15.4. The van der Waals surface area contributed by atoms with Gasteiger partial charge in [0, 0.05) is 29.9 Å². The van der Waals surface area contributed by atoms with E-state index in [2.05, 4.69) is 20.4 Å². The number of carbonyl (C=O) groups excluding carboxylic acids is 1. The molecule has 0 radical (unpaired) electrons. The van der Waals surface area contributed by atoms with Gasteiger partial charge in [-0.1, -0.05) is 12.1 Å². The average molecular weight is 377 g/mol. The van der Waals surface area contributed by atoms with Crippen LogP contribution in [0.3, 0.4) is 0 Å². The lowest BCUT2D eigenvalue weighted by atomic mass is 10.1. The Balaban J connectivity index is 1.55. The van der Waals surface area contributed by atoms with Crippen molar-refractivity contribution in [2.45, 2.75) is 20.4 Å². The number of amides is 1. The molecule has 2 aromatic heterocycles. The molecule has 4 rings (SSSR count). The minimum absolute atomic E-state index is 0.121. The molecule has 1 aromatic carbocycles. The number of benzene rings is 1. The number of aliphatic imine (C=N–C) groups is 1. The molecule has 7 heteroatoms. The van der Waals surface area contributed by atoms with E-state index in [0.29, 0.717) is 16.6 Å². The summed E-state index contributed by atoms with van der Waals surface area (Å²) in [5.41, 5.74) is 5.06. The topological polar surface area (TPSA) is 72.2 Å². The number of carbonyl (C=O) groups is 1. The number of hydrogen-bond acceptors (Lipinski definition) is 5. The maximum atomic E-state index is 12.3. The minimum atomic E-state index is -0.121. The summed E-state index contributed by atoms with van der Waals surface area (Å²) in [6.07, 6.45) is 3.66. The predicted molar refractivity (Wildman–Crippen MR) is 109 cm³/mol. The number of thioether (sulfide) groups is 1. The Morgan fingerprint density at radius 1 is 1.30 bits per heavy atom. The Morgan fingerprint density at radius 2 is 2.15 bits per heavy atom. The predicted octanol–water partition coefficient (Wildman–Crippen LogP) is 3.35. The third-order valence-electron chi connectivity index (χ3n) is 4.62. The van der Waals surface area contributed by atoms with Crippen LogP contribution in [0.25, 0.3) is 17.0 Å². The van der Waals surface area contributed by atoms with Gasteiger partial charge in [-0.05, 0) is 55.4 Å². The van der Waals surface area contributed by atoms with E-state index >= 15 is 0 Å². The number of pyridine rings is 1. The van der Waals surface area contributed by atoms with Crippen molar-refractivity contribution in [1.82, 2.24) is 20.1 Å². The lowest BCUT2D eigenvalue weighted by Gasteiger charge is -1.99. The summed E-state index contributed by atoms with van der Waals surface area (Å²) in [5.74, 6) is -0.121. The molecular formula is C20H19N5OS. The van der Waals surface area contributed by atoms with Crippen LogP contribution < -0.4 is 5.32 Å². The Kier molecular flexibility index (Phi) is 4.53. The smallest absolute Gasteiger partial charge is 0.264 e. The van der Waals surface area contributed by atoms with Crippen LogP contribution in [0, 0.1) is 13.8 Å². The number of hydrogen-bond donors (Lipinski definition) is 1. The van der Waals surface area contributed by atoms with Crippen molar-refractivity contribution in [3.63, 3.8) is 0 Å². The van der Waals surface area contributed by atoms with Crippen molar-refractivity contribution in [2.75, 3.05) is 0 Å². The van der Waals surface area contributed by atoms with Crippen molar-refractivity contribution in [1.29, 1.82) is 0 Å². The summed E-state index contributed by atoms with van der Waals surface area (Å²) in [6.45, 7) is 4.50. The molecule has 1 aliphatic heterocycles. The molecule has 0 atom stereocenters. The van der Waals surface area contributed by atoms with Crippen LogP contribution in [0.2, 0.25) is 0 Å². The first-order chi connectivity index (χ1) is 13.0. The first-order valence-electron chi connectivity index (χ1n) is 8.60. The van der Waals surface area contributed by atoms with Gasteiger partial charge in [-0.2, -0.15) is 5.10 Å². The second kappa shape index (κ2) is 7.00. The summed E-state index contributed by atoms with van der Waals surface area (Å²) in [5, 5.41) is 8.92. The van der Waals surface area contributed by atoms with Gasteiger partial charge in [-0.15, -0.1) is 0 Å². The zero-order valence-corrected chi connectivity index (χ0v) is 16.2. The van der Waals surface area contributed by atoms with Crippen molar-refractivity contribution >= 4 is 39.8 Å². The fourth-order valence-electron chi connectivity index (χ4n) is 3.03. The first kappa shape index (κ1) is 17.5. The van der Waals surface area contributed by atoms with E-state index in [4.69, 9.17) is 0 Å². The first-order valence-corrected chi connectivity index (χ1v) is 9.42. The van der Waals surface area contributed by atoms with Gasteiger partial charge in [-0.3, -0.25) is 19.5 Å². The molecule has 27 heavy (non-hydrogen) atoms. The largest absolute Gasteiger partial charge is 0.301 e. The normalized spacial score (nSPS) is 17.2. The van der Waals surface area contributed by atoms with Crippen molar-refractivity contribution in [2.24, 2.45) is 12.0 Å². The fraction of sp³-hybridized carbons (Fsp3) is 0.200. The van der Waals surface area contributed by atoms with Gasteiger partial charge in [0.05, 0.1) is 22.7 Å². The van der Waals surface area contributed by atoms with E-state index in [0.717, 1.165) is 33.4 Å². The van der Waals surface area contributed by atoms with Gasteiger partial charge in [0.1, 0.15) is 0 Å². The van der Waals surface area contributed by atoms with E-state index in [1.54, 1.807) is 6.20 Å². The van der Waals surface area contributed by atoms with Gasteiger partial charge >= 0.3 is 0 Å². The molecule has 1 fully saturated rings. The van der Waals surface area contributed by atoms with Crippen LogP contribution >= 0.6 is 11.8 Å². The number of aromatic nitrogens is 3. The maximum absolute atomic E-state index is 12.3. The molecule has 0 bridgehead atoms. The van der Waals surface area contributed by atoms with Crippen LogP contribution in [0.15, 0.2) is 46.4 Å². The molecule has 0 aliphatic carbocycles. The van der Waals surface area contributed by atoms with E-state index in [1.165, 1.54) is 11.8 Å². The molecule has 1 aliphatic rings. The monoisotopic (exact) mass is 377 g/mol. The van der Waals surface area contributed by atoms with Crippen LogP contribution in [0.5, 0.6) is 0 Å². The zero-order chi connectivity index (χ0) is 19.0. The molecule has 0 unspecified atom stereocenters. The number of aryl methyl sites for hydroxylation is 2. The molecule has 1 amide bonds. The maximum Gasteiger partial charge on any atom is 0.264 e. The van der Waals surface area contributed by atoms with Gasteiger partial charge in [-0.25, -0.2) is 0 Å². The summed E-state index contributed by atoms with van der Waals surface area (Å²) < 4.78 is 1.85. The number of rotatable bonds is 3. The quantitative estimate of drug-likeness (QED) is 0.711. The van der Waals surface area contributed by atoms with E-state index < -0.39 is 0 Å². The molecule has 3 aromatic rings. The lowest BCUT2D eigenvalue weighted by molar-refractivity contribution is -0.115. The summed E-state index contributed by atoms with van der Waals surface area (Å²) >= 11 is 1.36. The Bertz CT molecular complexity index is 1110. The number of nitrogens with zero attached hydrogens (tertiary/aromatic N) is 4. The van der Waals surface area contributed by atoms with Gasteiger partial charge < -0.3 is 5.32 Å². The van der Waals surface area contributed by atoms with E-state index in [1.807, 2.05) is 62.0 Å². The highest BCUT2D eigenvalue weighted by molar-refractivity contribution is 8.18. The van der Waals surface area contributed by atoms with Crippen LogP contribution in [0.4, 0.5) is 0 Å². The highest BCUT2D eigenvalue weighted by Gasteiger charge is 2.23. The molecule has 1 N–H and O–H groups in total. The third kappa shape index (κ3) is 3.50. The standard InChI is InChI=1S/C20H19N5OS/c1-12-16(13(2)25(3)24-12)11-22-20-23-19(26)18(27-20)10-14-6-7-17-15(9-14)5-4-8-21-17/h4-10H,11H2,1-3H3,(H,22,23,26). The number of amidine groups is 1. The third-order valence-corrected chi connectivity index (χ3v) is 5.56. The average Bonchev–Trinajstić information content (AvgIpc) is 3.12. The molecule has 6 nitrogen and oxygen atoms in total. The molecule has 0 spiro atoms. The molecule has 136 valence electrons. The van der Waals surface area contributed by atoms with Gasteiger partial charge in [0.2, 0.25) is 0 Å². The molecule has 1 saturated heterocycles. The van der Waals surface area contributed by atoms with Crippen LogP contribution in [0.1, 0.15) is 22.5 Å². The summed E-state index contributed by atoms with van der Waals surface area (Å²) in [7, 11) is 1.92. The second-order valence-corrected chi connectivity index (χ2v) is 7.45. The van der Waals surface area contributed by atoms with Crippen LogP contribution in [-0.2, 0) is 18.4 Å². The molecular weight excluding hydrogens is 358 g/mol. The molecule has 0 saturated carbocycles. The van der Waals surface area contributed by atoms with E-state index in [9.17, 15) is 4.79 Å². The summed E-state index contributed by atoms with van der Waals surface area (Å²) in [4.78, 5) is 21.8. The van der Waals surface area contributed by atoms with Gasteiger partial charge in [0.25, 0.3) is 5.91 Å². The highest BCUT2D eigenvalue weighted by Crippen LogP contribution is 2.27. The van der Waals surface area contributed by atoms with Crippen molar-refractivity contribution in [3.05, 3.63) is 63.9 Å². The molecule has 3 heterocycles. The SMILES string of the molecule is Cc1nn(C)c(C)c1CN=C1NC(=O)C(=Cc2ccc3ncccc3c2)S1.